The molecule has 1 fully saturated rings. The van der Waals surface area contributed by atoms with Gasteiger partial charge in [0.05, 0.1) is 0 Å². The van der Waals surface area contributed by atoms with Crippen LogP contribution in [0.1, 0.15) is 47.2 Å². The number of nitrogens with one attached hydrogen (secondary N) is 1. The molecule has 3 rings (SSSR count). The first-order valence-electron chi connectivity index (χ1n) is 7.79. The summed E-state index contributed by atoms with van der Waals surface area (Å²) < 4.78 is 0. The number of amides is 3. The lowest BCUT2D eigenvalue weighted by Crippen LogP contribution is -2.52. The van der Waals surface area contributed by atoms with Crippen LogP contribution in [0, 0.1) is 0 Å². The minimum absolute atomic E-state index is 0.164. The molecule has 0 spiro atoms. The molecule has 1 aliphatic carbocycles. The third-order valence-corrected chi connectivity index (χ3v) is 4.59. The molecule has 1 unspecified atom stereocenters. The lowest BCUT2D eigenvalue weighted by atomic mass is 9.90. The molecule has 22 heavy (non-hydrogen) atoms. The number of likely N-dealkylation sites (N-methyl/N-ethyl adjacent to an activating group) is 1. The van der Waals surface area contributed by atoms with Gasteiger partial charge in [-0.15, -0.1) is 0 Å². The zero-order valence-electron chi connectivity index (χ0n) is 12.7. The van der Waals surface area contributed by atoms with Crippen LogP contribution < -0.4 is 5.32 Å². The minimum atomic E-state index is -0.568. The summed E-state index contributed by atoms with van der Waals surface area (Å²) >= 11 is 0. The van der Waals surface area contributed by atoms with E-state index in [1.54, 1.807) is 7.05 Å². The number of fused-ring (bicyclic) bond motifs is 1. The van der Waals surface area contributed by atoms with E-state index in [-0.39, 0.29) is 24.1 Å². The van der Waals surface area contributed by atoms with Crippen LogP contribution in [0.25, 0.3) is 0 Å². The van der Waals surface area contributed by atoms with E-state index in [0.29, 0.717) is 12.0 Å². The van der Waals surface area contributed by atoms with Crippen molar-refractivity contribution in [2.75, 3.05) is 7.05 Å². The normalized spacial score (nSPS) is 21.0. The number of aryl methyl sites for hydroxylation is 2. The molecule has 1 aliphatic heterocycles. The van der Waals surface area contributed by atoms with E-state index >= 15 is 0 Å². The SMILES string of the molecule is CN(C(=O)c1ccc2c(c1)CCCC2)C1CCC(=O)NC1=O. The van der Waals surface area contributed by atoms with Crippen molar-refractivity contribution in [2.24, 2.45) is 0 Å². The number of rotatable bonds is 2. The molecule has 1 atom stereocenters. The highest BCUT2D eigenvalue weighted by Crippen LogP contribution is 2.23. The van der Waals surface area contributed by atoms with Crippen LogP contribution >= 0.6 is 0 Å². The van der Waals surface area contributed by atoms with E-state index in [0.717, 1.165) is 19.3 Å². The Kier molecular flexibility index (Phi) is 3.96. The summed E-state index contributed by atoms with van der Waals surface area (Å²) in [6.07, 6.45) is 5.12. The van der Waals surface area contributed by atoms with Crippen molar-refractivity contribution in [3.05, 3.63) is 34.9 Å². The number of imide groups is 1. The Hall–Kier alpha value is -2.17. The highest BCUT2D eigenvalue weighted by molar-refractivity contribution is 6.03. The molecule has 5 nitrogen and oxygen atoms in total. The van der Waals surface area contributed by atoms with E-state index in [4.69, 9.17) is 0 Å². The molecule has 0 aromatic heterocycles. The van der Waals surface area contributed by atoms with Crippen LogP contribution in [-0.4, -0.2) is 35.7 Å². The van der Waals surface area contributed by atoms with Crippen molar-refractivity contribution >= 4 is 17.7 Å². The van der Waals surface area contributed by atoms with Crippen LogP contribution in [0.2, 0.25) is 0 Å². The second-order valence-electron chi connectivity index (χ2n) is 6.07. The molecule has 0 bridgehead atoms. The van der Waals surface area contributed by atoms with Gasteiger partial charge in [-0.05, 0) is 55.4 Å². The fourth-order valence-corrected chi connectivity index (χ4v) is 3.26. The molecule has 0 radical (unpaired) electrons. The third kappa shape index (κ3) is 2.75. The molecule has 1 saturated heterocycles. The first-order chi connectivity index (χ1) is 10.6. The summed E-state index contributed by atoms with van der Waals surface area (Å²) in [6.45, 7) is 0. The zero-order chi connectivity index (χ0) is 15.7. The van der Waals surface area contributed by atoms with Crippen LogP contribution in [0.3, 0.4) is 0 Å². The lowest BCUT2D eigenvalue weighted by Gasteiger charge is -2.30. The molecule has 1 heterocycles. The van der Waals surface area contributed by atoms with Crippen molar-refractivity contribution in [2.45, 2.75) is 44.6 Å². The van der Waals surface area contributed by atoms with Crippen molar-refractivity contribution in [3.63, 3.8) is 0 Å². The fourth-order valence-electron chi connectivity index (χ4n) is 3.26. The van der Waals surface area contributed by atoms with Crippen molar-refractivity contribution in [3.8, 4) is 0 Å². The maximum atomic E-state index is 12.6. The Morgan fingerprint density at radius 3 is 2.59 bits per heavy atom. The number of hydrogen-bond donors (Lipinski definition) is 1. The van der Waals surface area contributed by atoms with E-state index < -0.39 is 6.04 Å². The third-order valence-electron chi connectivity index (χ3n) is 4.59. The second-order valence-corrected chi connectivity index (χ2v) is 6.07. The van der Waals surface area contributed by atoms with Gasteiger partial charge in [0.15, 0.2) is 0 Å². The quantitative estimate of drug-likeness (QED) is 0.841. The Balaban J connectivity index is 1.78. The van der Waals surface area contributed by atoms with E-state index in [1.807, 2.05) is 18.2 Å². The van der Waals surface area contributed by atoms with Gasteiger partial charge in [0.2, 0.25) is 11.8 Å². The van der Waals surface area contributed by atoms with Crippen molar-refractivity contribution in [1.82, 2.24) is 10.2 Å². The van der Waals surface area contributed by atoms with Gasteiger partial charge in [-0.25, -0.2) is 0 Å². The van der Waals surface area contributed by atoms with E-state index in [9.17, 15) is 14.4 Å². The van der Waals surface area contributed by atoms with Gasteiger partial charge in [-0.1, -0.05) is 6.07 Å². The number of benzene rings is 1. The molecule has 1 aromatic carbocycles. The summed E-state index contributed by atoms with van der Waals surface area (Å²) in [5.74, 6) is -0.816. The predicted molar refractivity (Wildman–Crippen MR) is 81.3 cm³/mol. The topological polar surface area (TPSA) is 66.5 Å². The summed E-state index contributed by atoms with van der Waals surface area (Å²) in [5.41, 5.74) is 3.19. The first-order valence-corrected chi connectivity index (χ1v) is 7.79. The fraction of sp³-hybridized carbons (Fsp3) is 0.471. The highest BCUT2D eigenvalue weighted by Gasteiger charge is 2.32. The molecule has 3 amide bonds. The molecular weight excluding hydrogens is 280 g/mol. The van der Waals surface area contributed by atoms with Gasteiger partial charge in [-0.2, -0.15) is 0 Å². The Morgan fingerprint density at radius 2 is 1.86 bits per heavy atom. The molecular formula is C17H20N2O3. The Morgan fingerprint density at radius 1 is 1.14 bits per heavy atom. The predicted octanol–water partition coefficient (Wildman–Crippen LogP) is 1.44. The molecule has 5 heteroatoms. The maximum Gasteiger partial charge on any atom is 0.254 e. The summed E-state index contributed by atoms with van der Waals surface area (Å²) in [5, 5.41) is 2.29. The zero-order valence-corrected chi connectivity index (χ0v) is 12.7. The summed E-state index contributed by atoms with van der Waals surface area (Å²) in [6, 6.07) is 5.26. The largest absolute Gasteiger partial charge is 0.330 e. The van der Waals surface area contributed by atoms with Crippen LogP contribution in [0.5, 0.6) is 0 Å². The van der Waals surface area contributed by atoms with Gasteiger partial charge in [-0.3, -0.25) is 19.7 Å². The second kappa shape index (κ2) is 5.91. The molecule has 0 saturated carbocycles. The highest BCUT2D eigenvalue weighted by atomic mass is 16.2. The number of carbonyl (C=O) groups excluding carboxylic acids is 3. The number of piperidine rings is 1. The van der Waals surface area contributed by atoms with Gasteiger partial charge in [0, 0.05) is 19.0 Å². The minimum Gasteiger partial charge on any atom is -0.330 e. The standard InChI is InChI=1S/C17H20N2O3/c1-19(14-8-9-15(20)18-16(14)21)17(22)13-7-6-11-4-2-3-5-12(11)10-13/h6-7,10,14H,2-5,8-9H2,1H3,(H,18,20,21). The first kappa shape index (κ1) is 14.8. The summed E-state index contributed by atoms with van der Waals surface area (Å²) in [4.78, 5) is 37.2. The van der Waals surface area contributed by atoms with Gasteiger partial charge >= 0.3 is 0 Å². The summed E-state index contributed by atoms with van der Waals surface area (Å²) in [7, 11) is 1.63. The Bertz CT molecular complexity index is 639. The number of carbonyl (C=O) groups is 3. The smallest absolute Gasteiger partial charge is 0.254 e. The van der Waals surface area contributed by atoms with Crippen molar-refractivity contribution in [1.29, 1.82) is 0 Å². The maximum absolute atomic E-state index is 12.6. The Labute approximate surface area is 129 Å². The average molecular weight is 300 g/mol. The number of hydrogen-bond acceptors (Lipinski definition) is 3. The van der Waals surface area contributed by atoms with Crippen molar-refractivity contribution < 1.29 is 14.4 Å². The lowest BCUT2D eigenvalue weighted by molar-refractivity contribution is -0.136. The van der Waals surface area contributed by atoms with E-state index in [1.165, 1.54) is 22.4 Å². The van der Waals surface area contributed by atoms with Gasteiger partial charge < -0.3 is 4.90 Å². The monoisotopic (exact) mass is 300 g/mol. The number of nitrogens with zero attached hydrogens (tertiary/aromatic N) is 1. The molecule has 1 aromatic rings. The molecule has 1 N–H and O–H groups in total. The average Bonchev–Trinajstić information content (AvgIpc) is 2.53. The van der Waals surface area contributed by atoms with Crippen LogP contribution in [-0.2, 0) is 22.4 Å². The van der Waals surface area contributed by atoms with Crippen LogP contribution in [0.15, 0.2) is 18.2 Å². The molecule has 116 valence electrons. The van der Waals surface area contributed by atoms with Gasteiger partial charge in [0.25, 0.3) is 5.91 Å². The van der Waals surface area contributed by atoms with Crippen LogP contribution in [0.4, 0.5) is 0 Å². The molecule has 2 aliphatic rings. The van der Waals surface area contributed by atoms with E-state index in [2.05, 4.69) is 5.32 Å². The van der Waals surface area contributed by atoms with Gasteiger partial charge in [0.1, 0.15) is 6.04 Å².